The maximum Gasteiger partial charge on any atom is 0.255 e. The summed E-state index contributed by atoms with van der Waals surface area (Å²) in [5.74, 6) is 0.678. The molecule has 31 heavy (non-hydrogen) atoms. The number of amides is 1. The monoisotopic (exact) mass is 410 g/mol. The van der Waals surface area contributed by atoms with Crippen LogP contribution < -0.4 is 5.32 Å². The molecule has 0 unspecified atom stereocenters. The Morgan fingerprint density at radius 3 is 2.19 bits per heavy atom. The van der Waals surface area contributed by atoms with Crippen LogP contribution in [0.25, 0.3) is 11.0 Å². The molecule has 4 heteroatoms. The van der Waals surface area contributed by atoms with Crippen LogP contribution in [0.5, 0.6) is 0 Å². The highest BCUT2D eigenvalue weighted by atomic mass is 16.3. The van der Waals surface area contributed by atoms with E-state index in [0.717, 1.165) is 35.5 Å². The lowest BCUT2D eigenvalue weighted by molar-refractivity contribution is 0.102. The van der Waals surface area contributed by atoms with Crippen LogP contribution in [0.3, 0.4) is 0 Å². The van der Waals surface area contributed by atoms with E-state index >= 15 is 0 Å². The standard InChI is InChI=1S/C27H26N2O2/c30-27(21-14-6-2-7-15-21)28-24-22-16-8-9-17-23(22)31-26(24)25(20-12-4-1-5-13-20)29-18-10-3-11-19-29/h1-2,4-9,12-17,25H,3,10-11,18-19H2,(H,28,30)/t25-/m0/s1. The molecule has 1 N–H and O–H groups in total. The molecule has 4 aromatic rings. The first-order valence-electron chi connectivity index (χ1n) is 11.0. The number of nitrogens with zero attached hydrogens (tertiary/aromatic N) is 1. The SMILES string of the molecule is O=C(Nc1c([C@H](c2ccccc2)N2CCCCC2)oc2ccccc12)c1ccccc1. The predicted octanol–water partition coefficient (Wildman–Crippen LogP) is 6.26. The third-order valence-corrected chi connectivity index (χ3v) is 6.02. The Labute approximate surface area is 182 Å². The zero-order chi connectivity index (χ0) is 21.0. The molecule has 5 rings (SSSR count). The zero-order valence-electron chi connectivity index (χ0n) is 17.5. The van der Waals surface area contributed by atoms with E-state index in [4.69, 9.17) is 4.42 Å². The van der Waals surface area contributed by atoms with Gasteiger partial charge in [0.2, 0.25) is 0 Å². The molecule has 1 atom stereocenters. The summed E-state index contributed by atoms with van der Waals surface area (Å²) in [7, 11) is 0. The van der Waals surface area contributed by atoms with Crippen LogP contribution >= 0.6 is 0 Å². The summed E-state index contributed by atoms with van der Waals surface area (Å²) in [6.45, 7) is 2.03. The highest BCUT2D eigenvalue weighted by molar-refractivity contribution is 6.09. The summed E-state index contributed by atoms with van der Waals surface area (Å²) < 4.78 is 6.45. The lowest BCUT2D eigenvalue weighted by atomic mass is 9.98. The second-order valence-electron chi connectivity index (χ2n) is 8.07. The van der Waals surface area contributed by atoms with Gasteiger partial charge in [-0.2, -0.15) is 0 Å². The van der Waals surface area contributed by atoms with E-state index in [9.17, 15) is 4.79 Å². The molecular formula is C27H26N2O2. The first kappa shape index (κ1) is 19.6. The van der Waals surface area contributed by atoms with Crippen molar-refractivity contribution in [3.05, 3.63) is 102 Å². The van der Waals surface area contributed by atoms with Gasteiger partial charge in [-0.15, -0.1) is 0 Å². The van der Waals surface area contributed by atoms with Gasteiger partial charge in [-0.25, -0.2) is 0 Å². The zero-order valence-corrected chi connectivity index (χ0v) is 17.5. The summed E-state index contributed by atoms with van der Waals surface area (Å²) in [6.07, 6.45) is 3.61. The maximum absolute atomic E-state index is 13.1. The average Bonchev–Trinajstić information content (AvgIpc) is 3.19. The van der Waals surface area contributed by atoms with Crippen LogP contribution in [-0.2, 0) is 0 Å². The van der Waals surface area contributed by atoms with Crippen molar-refractivity contribution in [1.29, 1.82) is 0 Å². The maximum atomic E-state index is 13.1. The van der Waals surface area contributed by atoms with Crippen LogP contribution in [0.1, 0.15) is 47.0 Å². The van der Waals surface area contributed by atoms with Crippen molar-refractivity contribution in [2.24, 2.45) is 0 Å². The van der Waals surface area contributed by atoms with Gasteiger partial charge < -0.3 is 9.73 Å². The molecule has 1 amide bonds. The molecule has 0 saturated carbocycles. The Hall–Kier alpha value is -3.37. The molecule has 0 bridgehead atoms. The first-order valence-corrected chi connectivity index (χ1v) is 11.0. The second-order valence-corrected chi connectivity index (χ2v) is 8.07. The number of carbonyl (C=O) groups excluding carboxylic acids is 1. The lowest BCUT2D eigenvalue weighted by Gasteiger charge is -2.34. The van der Waals surface area contributed by atoms with Crippen molar-refractivity contribution in [2.75, 3.05) is 18.4 Å². The molecule has 156 valence electrons. The summed E-state index contributed by atoms with van der Waals surface area (Å²) in [5.41, 5.74) is 3.37. The summed E-state index contributed by atoms with van der Waals surface area (Å²) in [5, 5.41) is 4.11. The van der Waals surface area contributed by atoms with Gasteiger partial charge in [-0.05, 0) is 55.8 Å². The molecule has 1 aliphatic rings. The molecule has 0 radical (unpaired) electrons. The highest BCUT2D eigenvalue weighted by Gasteiger charge is 2.31. The average molecular weight is 411 g/mol. The molecule has 1 saturated heterocycles. The van der Waals surface area contributed by atoms with E-state index in [0.29, 0.717) is 5.56 Å². The minimum atomic E-state index is -0.126. The Balaban J connectivity index is 1.63. The van der Waals surface area contributed by atoms with Crippen LogP contribution in [-0.4, -0.2) is 23.9 Å². The van der Waals surface area contributed by atoms with Gasteiger partial charge in [-0.1, -0.05) is 67.1 Å². The van der Waals surface area contributed by atoms with Crippen molar-refractivity contribution in [1.82, 2.24) is 4.90 Å². The van der Waals surface area contributed by atoms with Gasteiger partial charge in [0, 0.05) is 10.9 Å². The minimum absolute atomic E-state index is 0.0417. The number of likely N-dealkylation sites (tertiary alicyclic amines) is 1. The number of fused-ring (bicyclic) bond motifs is 1. The van der Waals surface area contributed by atoms with E-state index in [-0.39, 0.29) is 11.9 Å². The van der Waals surface area contributed by atoms with Crippen molar-refractivity contribution < 1.29 is 9.21 Å². The number of piperidine rings is 1. The Bertz CT molecular complexity index is 1160. The number of nitrogens with one attached hydrogen (secondary N) is 1. The number of para-hydroxylation sites is 1. The Morgan fingerprint density at radius 1 is 0.806 bits per heavy atom. The normalized spacial score (nSPS) is 15.6. The third kappa shape index (κ3) is 3.99. The molecule has 1 fully saturated rings. The van der Waals surface area contributed by atoms with Gasteiger partial charge in [0.05, 0.1) is 11.7 Å². The van der Waals surface area contributed by atoms with Crippen molar-refractivity contribution in [2.45, 2.75) is 25.3 Å². The van der Waals surface area contributed by atoms with E-state index < -0.39 is 0 Å². The van der Waals surface area contributed by atoms with Crippen LogP contribution in [0.4, 0.5) is 5.69 Å². The highest BCUT2D eigenvalue weighted by Crippen LogP contribution is 2.41. The number of furan rings is 1. The van der Waals surface area contributed by atoms with E-state index in [1.54, 1.807) is 0 Å². The molecule has 0 aliphatic carbocycles. The third-order valence-electron chi connectivity index (χ3n) is 6.02. The molecule has 0 spiro atoms. The van der Waals surface area contributed by atoms with Gasteiger partial charge in [0.15, 0.2) is 0 Å². The van der Waals surface area contributed by atoms with E-state index in [2.05, 4.69) is 34.5 Å². The minimum Gasteiger partial charge on any atom is -0.457 e. The molecule has 1 aliphatic heterocycles. The second kappa shape index (κ2) is 8.78. The first-order chi connectivity index (χ1) is 15.3. The quantitative estimate of drug-likeness (QED) is 0.422. The Morgan fingerprint density at radius 2 is 1.45 bits per heavy atom. The molecular weight excluding hydrogens is 384 g/mol. The van der Waals surface area contributed by atoms with Gasteiger partial charge >= 0.3 is 0 Å². The molecule has 1 aromatic heterocycles. The largest absolute Gasteiger partial charge is 0.457 e. The van der Waals surface area contributed by atoms with Crippen molar-refractivity contribution in [3.8, 4) is 0 Å². The van der Waals surface area contributed by atoms with Crippen LogP contribution in [0.2, 0.25) is 0 Å². The fourth-order valence-electron chi connectivity index (χ4n) is 4.50. The van der Waals surface area contributed by atoms with Crippen LogP contribution in [0.15, 0.2) is 89.3 Å². The smallest absolute Gasteiger partial charge is 0.255 e. The van der Waals surface area contributed by atoms with E-state index in [1.165, 1.54) is 24.8 Å². The summed E-state index contributed by atoms with van der Waals surface area (Å²) in [6, 6.07) is 27.7. The number of hydrogen-bond donors (Lipinski definition) is 1. The van der Waals surface area contributed by atoms with Crippen LogP contribution in [0, 0.1) is 0 Å². The van der Waals surface area contributed by atoms with Crippen molar-refractivity contribution in [3.63, 3.8) is 0 Å². The van der Waals surface area contributed by atoms with Gasteiger partial charge in [-0.3, -0.25) is 9.69 Å². The van der Waals surface area contributed by atoms with Gasteiger partial charge in [0.25, 0.3) is 5.91 Å². The number of rotatable bonds is 5. The number of carbonyl (C=O) groups is 1. The molecule has 2 heterocycles. The number of hydrogen-bond acceptors (Lipinski definition) is 3. The fourth-order valence-corrected chi connectivity index (χ4v) is 4.50. The molecule has 3 aromatic carbocycles. The molecule has 4 nitrogen and oxygen atoms in total. The van der Waals surface area contributed by atoms with Gasteiger partial charge in [0.1, 0.15) is 11.3 Å². The summed E-state index contributed by atoms with van der Waals surface area (Å²) in [4.78, 5) is 15.6. The lowest BCUT2D eigenvalue weighted by Crippen LogP contribution is -2.34. The number of anilines is 1. The number of benzene rings is 3. The summed E-state index contributed by atoms with van der Waals surface area (Å²) >= 11 is 0. The topological polar surface area (TPSA) is 45.5 Å². The fraction of sp³-hybridized carbons (Fsp3) is 0.222. The Kier molecular flexibility index (Phi) is 5.55. The van der Waals surface area contributed by atoms with E-state index in [1.807, 2.05) is 60.7 Å². The van der Waals surface area contributed by atoms with Crippen molar-refractivity contribution >= 4 is 22.6 Å². The predicted molar refractivity (Wildman–Crippen MR) is 124 cm³/mol.